The molecule has 0 aromatic rings. The molecule has 0 amide bonds. The van der Waals surface area contributed by atoms with Crippen molar-refractivity contribution in [3.05, 3.63) is 0 Å². The molecule has 2 saturated heterocycles. The summed E-state index contributed by atoms with van der Waals surface area (Å²) in [7, 11) is 0. The van der Waals surface area contributed by atoms with Gasteiger partial charge in [0.2, 0.25) is 0 Å². The summed E-state index contributed by atoms with van der Waals surface area (Å²) in [5.74, 6) is 0.717. The van der Waals surface area contributed by atoms with Crippen LogP contribution in [-0.4, -0.2) is 43.3 Å². The first-order valence-electron chi connectivity index (χ1n) is 6.35. The van der Waals surface area contributed by atoms with Crippen LogP contribution in [0.4, 0.5) is 0 Å². The van der Waals surface area contributed by atoms with E-state index < -0.39 is 0 Å². The molecule has 0 aliphatic carbocycles. The van der Waals surface area contributed by atoms with Gasteiger partial charge in [0, 0.05) is 25.7 Å². The van der Waals surface area contributed by atoms with Gasteiger partial charge in [-0.05, 0) is 45.1 Å². The lowest BCUT2D eigenvalue weighted by molar-refractivity contribution is 0.0944. The van der Waals surface area contributed by atoms with Crippen molar-refractivity contribution in [1.82, 2.24) is 4.90 Å². The van der Waals surface area contributed by atoms with Crippen LogP contribution in [-0.2, 0) is 4.74 Å². The number of hydrogen-bond acceptors (Lipinski definition) is 3. The molecule has 3 atom stereocenters. The lowest BCUT2D eigenvalue weighted by atomic mass is 10.0. The molecule has 0 radical (unpaired) electrons. The molecule has 88 valence electrons. The Kier molecular flexibility index (Phi) is 4.00. The van der Waals surface area contributed by atoms with Gasteiger partial charge in [-0.3, -0.25) is 0 Å². The number of nitrogens with two attached hydrogens (primary N) is 1. The monoisotopic (exact) mass is 212 g/mol. The second kappa shape index (κ2) is 5.28. The first-order chi connectivity index (χ1) is 7.25. The topological polar surface area (TPSA) is 38.5 Å². The maximum absolute atomic E-state index is 5.93. The maximum atomic E-state index is 5.93. The van der Waals surface area contributed by atoms with Crippen molar-refractivity contribution in [2.75, 3.05) is 26.2 Å². The molecule has 2 aliphatic rings. The van der Waals surface area contributed by atoms with Gasteiger partial charge in [0.1, 0.15) is 0 Å². The number of nitrogens with zero attached hydrogens (tertiary/aromatic N) is 1. The second-order valence-electron chi connectivity index (χ2n) is 5.13. The van der Waals surface area contributed by atoms with E-state index in [1.54, 1.807) is 0 Å². The van der Waals surface area contributed by atoms with Crippen molar-refractivity contribution in [2.24, 2.45) is 11.7 Å². The van der Waals surface area contributed by atoms with Gasteiger partial charge >= 0.3 is 0 Å². The summed E-state index contributed by atoms with van der Waals surface area (Å²) in [4.78, 5) is 2.55. The van der Waals surface area contributed by atoms with Gasteiger partial charge < -0.3 is 15.4 Å². The van der Waals surface area contributed by atoms with Crippen LogP contribution in [0.2, 0.25) is 0 Å². The van der Waals surface area contributed by atoms with Gasteiger partial charge in [0.25, 0.3) is 0 Å². The van der Waals surface area contributed by atoms with Crippen molar-refractivity contribution in [3.8, 4) is 0 Å². The first-order valence-corrected chi connectivity index (χ1v) is 6.35. The molecule has 0 bridgehead atoms. The molecule has 0 spiro atoms. The molecule has 3 heteroatoms. The van der Waals surface area contributed by atoms with Crippen molar-refractivity contribution < 1.29 is 4.74 Å². The fourth-order valence-electron chi connectivity index (χ4n) is 2.69. The van der Waals surface area contributed by atoms with Crippen molar-refractivity contribution in [3.63, 3.8) is 0 Å². The summed E-state index contributed by atoms with van der Waals surface area (Å²) in [6.07, 6.45) is 5.56. The quantitative estimate of drug-likeness (QED) is 0.761. The maximum Gasteiger partial charge on any atom is 0.0588 e. The van der Waals surface area contributed by atoms with E-state index in [4.69, 9.17) is 10.5 Å². The molecular weight excluding hydrogens is 188 g/mol. The fraction of sp³-hybridized carbons (Fsp3) is 1.00. The van der Waals surface area contributed by atoms with Crippen molar-refractivity contribution >= 4 is 0 Å². The van der Waals surface area contributed by atoms with Gasteiger partial charge in [-0.2, -0.15) is 0 Å². The van der Waals surface area contributed by atoms with Crippen LogP contribution in [0.3, 0.4) is 0 Å². The third kappa shape index (κ3) is 3.16. The highest BCUT2D eigenvalue weighted by Crippen LogP contribution is 2.21. The van der Waals surface area contributed by atoms with E-state index in [1.807, 2.05) is 0 Å². The number of hydrogen-bond donors (Lipinski definition) is 1. The lowest BCUT2D eigenvalue weighted by Gasteiger charge is -2.19. The molecule has 2 rings (SSSR count). The third-order valence-electron chi connectivity index (χ3n) is 3.84. The molecule has 2 aliphatic heterocycles. The molecule has 2 fully saturated rings. The minimum absolute atomic E-state index is 0.359. The largest absolute Gasteiger partial charge is 0.378 e. The number of ether oxygens (including phenoxy) is 1. The number of likely N-dealkylation sites (tertiary alicyclic amines) is 1. The summed E-state index contributed by atoms with van der Waals surface area (Å²) in [6, 6.07) is 0.359. The second-order valence-corrected chi connectivity index (χ2v) is 5.13. The Morgan fingerprint density at radius 2 is 2.33 bits per heavy atom. The summed E-state index contributed by atoms with van der Waals surface area (Å²) in [5.41, 5.74) is 5.93. The molecule has 2 heterocycles. The smallest absolute Gasteiger partial charge is 0.0588 e. The number of rotatable bonds is 4. The minimum Gasteiger partial charge on any atom is -0.378 e. The van der Waals surface area contributed by atoms with Crippen LogP contribution in [0.15, 0.2) is 0 Å². The Hall–Kier alpha value is -0.120. The highest BCUT2D eigenvalue weighted by Gasteiger charge is 2.25. The van der Waals surface area contributed by atoms with E-state index in [2.05, 4.69) is 11.8 Å². The summed E-state index contributed by atoms with van der Waals surface area (Å²) >= 11 is 0. The van der Waals surface area contributed by atoms with E-state index in [9.17, 15) is 0 Å². The van der Waals surface area contributed by atoms with Crippen LogP contribution in [0, 0.1) is 5.92 Å². The van der Waals surface area contributed by atoms with Crippen LogP contribution >= 0.6 is 0 Å². The zero-order valence-corrected chi connectivity index (χ0v) is 9.82. The van der Waals surface area contributed by atoms with Crippen molar-refractivity contribution in [1.29, 1.82) is 0 Å². The Morgan fingerprint density at radius 1 is 1.47 bits per heavy atom. The van der Waals surface area contributed by atoms with E-state index in [1.165, 1.54) is 45.3 Å². The SMILES string of the molecule is CC(N)C1CCN(CCC2CCCO2)C1. The summed E-state index contributed by atoms with van der Waals surface area (Å²) in [6.45, 7) is 6.75. The molecule has 2 N–H and O–H groups in total. The van der Waals surface area contributed by atoms with E-state index in [-0.39, 0.29) is 0 Å². The zero-order chi connectivity index (χ0) is 10.7. The van der Waals surface area contributed by atoms with Crippen LogP contribution < -0.4 is 5.73 Å². The molecule has 0 saturated carbocycles. The van der Waals surface area contributed by atoms with Crippen molar-refractivity contribution in [2.45, 2.75) is 44.8 Å². The van der Waals surface area contributed by atoms with Gasteiger partial charge in [0.15, 0.2) is 0 Å². The predicted octanol–water partition coefficient (Wildman–Crippen LogP) is 1.22. The predicted molar refractivity (Wildman–Crippen MR) is 61.8 cm³/mol. The average Bonchev–Trinajstić information content (AvgIpc) is 2.86. The average molecular weight is 212 g/mol. The van der Waals surface area contributed by atoms with Gasteiger partial charge in [-0.1, -0.05) is 0 Å². The molecule has 3 nitrogen and oxygen atoms in total. The Bertz CT molecular complexity index is 190. The normalized spacial score (nSPS) is 34.8. The van der Waals surface area contributed by atoms with E-state index in [0.29, 0.717) is 12.1 Å². The Labute approximate surface area is 93.0 Å². The molecule has 3 unspecified atom stereocenters. The van der Waals surface area contributed by atoms with Gasteiger partial charge in [-0.15, -0.1) is 0 Å². The molecule has 0 aromatic heterocycles. The zero-order valence-electron chi connectivity index (χ0n) is 9.82. The molecular formula is C12H24N2O. The van der Waals surface area contributed by atoms with Gasteiger partial charge in [-0.25, -0.2) is 0 Å². The first kappa shape index (κ1) is 11.4. The lowest BCUT2D eigenvalue weighted by Crippen LogP contribution is -2.31. The third-order valence-corrected chi connectivity index (χ3v) is 3.84. The van der Waals surface area contributed by atoms with Crippen LogP contribution in [0.25, 0.3) is 0 Å². The fourth-order valence-corrected chi connectivity index (χ4v) is 2.69. The summed E-state index contributed by atoms with van der Waals surface area (Å²) in [5, 5.41) is 0. The van der Waals surface area contributed by atoms with Crippen LogP contribution in [0.5, 0.6) is 0 Å². The Morgan fingerprint density at radius 3 is 2.93 bits per heavy atom. The highest BCUT2D eigenvalue weighted by molar-refractivity contribution is 4.81. The van der Waals surface area contributed by atoms with Crippen LogP contribution in [0.1, 0.15) is 32.6 Å². The van der Waals surface area contributed by atoms with Gasteiger partial charge in [0.05, 0.1) is 6.10 Å². The standard InChI is InChI=1S/C12H24N2O/c1-10(13)11-4-6-14(9-11)7-5-12-3-2-8-15-12/h10-12H,2-9,13H2,1H3. The highest BCUT2D eigenvalue weighted by atomic mass is 16.5. The Balaban J connectivity index is 1.64. The molecule has 15 heavy (non-hydrogen) atoms. The summed E-state index contributed by atoms with van der Waals surface area (Å²) < 4.78 is 5.64. The van der Waals surface area contributed by atoms with E-state index in [0.717, 1.165) is 12.5 Å². The minimum atomic E-state index is 0.359. The van der Waals surface area contributed by atoms with E-state index >= 15 is 0 Å². The molecule has 0 aromatic carbocycles.